The molecule has 2 aliphatic rings. The fraction of sp³-hybridized carbons (Fsp3) is 0.278. The lowest BCUT2D eigenvalue weighted by Gasteiger charge is -2.32. The van der Waals surface area contributed by atoms with Crippen molar-refractivity contribution in [3.05, 3.63) is 185 Å². The first-order valence-corrected chi connectivity index (χ1v) is 26.2. The molecule has 0 aliphatic carbocycles. The average molecular weight is 1090 g/mol. The molecule has 19 nitrogen and oxygen atoms in total. The number of esters is 4. The molecular formula is C54H49F2N7O12S2. The summed E-state index contributed by atoms with van der Waals surface area (Å²) in [5.41, 5.74) is -3.26. The lowest BCUT2D eigenvalue weighted by atomic mass is 9.89. The number of aryl methyl sites for hydroxylation is 1. The first kappa shape index (κ1) is 54.1. The molecule has 0 saturated carbocycles. The molecule has 4 aromatic heterocycles. The number of imidazole rings is 1. The van der Waals surface area contributed by atoms with E-state index in [0.717, 1.165) is 13.8 Å². The second kappa shape index (κ2) is 22.1. The summed E-state index contributed by atoms with van der Waals surface area (Å²) in [7, 11) is 0. The molecule has 2 saturated heterocycles. The van der Waals surface area contributed by atoms with E-state index in [4.69, 9.17) is 28.4 Å². The zero-order valence-electron chi connectivity index (χ0n) is 41.8. The summed E-state index contributed by atoms with van der Waals surface area (Å²) in [6.07, 6.45) is 0.0473. The Morgan fingerprint density at radius 3 is 1.49 bits per heavy atom. The van der Waals surface area contributed by atoms with E-state index in [1.54, 1.807) is 123 Å². The molecule has 0 bridgehead atoms. The highest BCUT2D eigenvalue weighted by molar-refractivity contribution is 7.99. The van der Waals surface area contributed by atoms with Gasteiger partial charge < -0.3 is 38.6 Å². The number of carbonyl (C=O) groups excluding carboxylic acids is 4. The van der Waals surface area contributed by atoms with Gasteiger partial charge in [-0.3, -0.25) is 0 Å². The molecule has 0 spiro atoms. The van der Waals surface area contributed by atoms with Crippen LogP contribution in [0.15, 0.2) is 156 Å². The van der Waals surface area contributed by atoms with Crippen molar-refractivity contribution in [2.75, 3.05) is 25.7 Å². The van der Waals surface area contributed by atoms with E-state index in [0.29, 0.717) is 21.4 Å². The molecule has 77 heavy (non-hydrogen) atoms. The molecule has 0 amide bonds. The molecule has 23 heteroatoms. The van der Waals surface area contributed by atoms with Crippen LogP contribution in [0.3, 0.4) is 0 Å². The molecular weight excluding hydrogens is 1040 g/mol. The smallest absolute Gasteiger partial charge is 0.338 e. The number of rotatable bonds is 14. The van der Waals surface area contributed by atoms with E-state index >= 15 is 8.78 Å². The Bertz CT molecular complexity index is 3430. The van der Waals surface area contributed by atoms with Crippen LogP contribution in [0.2, 0.25) is 0 Å². The Labute approximate surface area is 446 Å². The molecule has 398 valence electrons. The van der Waals surface area contributed by atoms with Crippen molar-refractivity contribution in [3.63, 3.8) is 0 Å². The molecule has 2 N–H and O–H groups in total. The van der Waals surface area contributed by atoms with Gasteiger partial charge in [-0.15, -0.1) is 16.9 Å². The van der Waals surface area contributed by atoms with Crippen LogP contribution in [0.4, 0.5) is 8.78 Å². The Kier molecular flexibility index (Phi) is 15.6. The highest BCUT2D eigenvalue weighted by atomic mass is 32.2. The topological polar surface area (TPSA) is 237 Å². The van der Waals surface area contributed by atoms with Gasteiger partial charge in [0, 0.05) is 0 Å². The number of aromatic nitrogens is 7. The second-order valence-corrected chi connectivity index (χ2v) is 19.5. The lowest BCUT2D eigenvalue weighted by Crippen LogP contribution is -2.51. The number of thioether (sulfide) groups is 2. The van der Waals surface area contributed by atoms with Crippen LogP contribution in [-0.4, -0.2) is 130 Å². The van der Waals surface area contributed by atoms with Gasteiger partial charge in [0.15, 0.2) is 17.9 Å². The number of alkyl halides is 2. The molecule has 8 atom stereocenters. The Hall–Kier alpha value is -7.67. The van der Waals surface area contributed by atoms with Crippen LogP contribution < -0.4 is 0 Å². The minimum Gasteiger partial charge on any atom is -0.459 e. The number of hydrogen-bond donors (Lipinski definition) is 2. The zero-order valence-corrected chi connectivity index (χ0v) is 43.4. The van der Waals surface area contributed by atoms with Crippen molar-refractivity contribution in [2.24, 2.45) is 0 Å². The fourth-order valence-electron chi connectivity index (χ4n) is 8.87. The van der Waals surface area contributed by atoms with Crippen molar-refractivity contribution < 1.29 is 66.6 Å². The van der Waals surface area contributed by atoms with E-state index in [-0.39, 0.29) is 39.3 Å². The van der Waals surface area contributed by atoms with Gasteiger partial charge >= 0.3 is 23.9 Å². The van der Waals surface area contributed by atoms with Crippen LogP contribution in [-0.2, 0) is 40.0 Å². The summed E-state index contributed by atoms with van der Waals surface area (Å²) in [5, 5.41) is 32.9. The van der Waals surface area contributed by atoms with Crippen LogP contribution in [0.1, 0.15) is 72.4 Å². The summed E-state index contributed by atoms with van der Waals surface area (Å²) in [5.74, 6) is -8.32. The SMILES string of the molecule is CSc1nc(SC)c2ncc(C3(O)O[C@H](COC(=O)c4ccccc4)[C@@H](OC(=O)c4ccccc4)[C@@]3(C)F)n2n1.Cc1ncnn2c(C3(O)O[C@H](COC(=O)c4ccccc4)[C@@H](OC(=O)c4ccccc4)[C@@]3(C)F)ccc12. The lowest BCUT2D eigenvalue weighted by molar-refractivity contribution is -0.256. The number of aliphatic hydroxyl groups is 2. The maximum absolute atomic E-state index is 16.9. The number of benzene rings is 4. The highest BCUT2D eigenvalue weighted by Crippen LogP contribution is 2.51. The summed E-state index contributed by atoms with van der Waals surface area (Å²) < 4.78 is 69.7. The molecule has 2 aliphatic heterocycles. The van der Waals surface area contributed by atoms with Gasteiger partial charge in [-0.05, 0) is 93.9 Å². The molecule has 8 aromatic rings. The van der Waals surface area contributed by atoms with E-state index in [9.17, 15) is 29.4 Å². The Morgan fingerprint density at radius 2 is 1.05 bits per heavy atom. The van der Waals surface area contributed by atoms with Crippen molar-refractivity contribution in [3.8, 4) is 0 Å². The molecule has 2 unspecified atom stereocenters. The van der Waals surface area contributed by atoms with Crippen LogP contribution in [0, 0.1) is 6.92 Å². The number of carbonyl (C=O) groups is 4. The van der Waals surface area contributed by atoms with Crippen molar-refractivity contribution in [1.29, 1.82) is 0 Å². The maximum Gasteiger partial charge on any atom is 0.338 e. The van der Waals surface area contributed by atoms with Gasteiger partial charge in [-0.25, -0.2) is 51.9 Å². The third kappa shape index (κ3) is 10.4. The number of nitrogens with zero attached hydrogens (tertiary/aromatic N) is 7. The quantitative estimate of drug-likeness (QED) is 0.0616. The number of halogens is 2. The summed E-state index contributed by atoms with van der Waals surface area (Å²) >= 11 is 2.56. The molecule has 0 radical (unpaired) electrons. The number of hydrogen-bond acceptors (Lipinski definition) is 19. The minimum absolute atomic E-state index is 0.0318. The molecule has 10 rings (SSSR count). The average Bonchev–Trinajstić information content (AvgIpc) is 4.41. The molecule has 4 aromatic carbocycles. The van der Waals surface area contributed by atoms with E-state index in [1.165, 1.54) is 75.4 Å². The number of fused-ring (bicyclic) bond motifs is 2. The van der Waals surface area contributed by atoms with Crippen LogP contribution >= 0.6 is 23.5 Å². The fourth-order valence-corrected chi connectivity index (χ4v) is 9.77. The van der Waals surface area contributed by atoms with Crippen LogP contribution in [0.25, 0.3) is 11.2 Å². The number of ether oxygens (including phenoxy) is 6. The Morgan fingerprint density at radius 1 is 0.610 bits per heavy atom. The second-order valence-electron chi connectivity index (χ2n) is 17.9. The van der Waals surface area contributed by atoms with E-state index in [2.05, 4.69) is 25.1 Å². The first-order valence-electron chi connectivity index (χ1n) is 23.7. The minimum atomic E-state index is -2.73. The summed E-state index contributed by atoms with van der Waals surface area (Å²) in [6.45, 7) is 2.87. The zero-order chi connectivity index (χ0) is 54.7. The van der Waals surface area contributed by atoms with Gasteiger partial charge in [0.2, 0.25) is 22.3 Å². The van der Waals surface area contributed by atoms with Gasteiger partial charge in [0.25, 0.3) is 5.79 Å². The van der Waals surface area contributed by atoms with Gasteiger partial charge in [0.05, 0.1) is 39.7 Å². The van der Waals surface area contributed by atoms with Gasteiger partial charge in [-0.2, -0.15) is 5.10 Å². The maximum atomic E-state index is 16.9. The standard InChI is InChI=1S/C27H25FN4O6S2.C27H24FN3O6/c1-26(28)20(37-24(34)17-12-8-5-9-13-17)18(15-36-23(33)16-10-6-4-7-11-16)38-27(26,35)19-14-29-21-22(39-2)30-25(40-3)31-32(19)21;1-17-20-13-14-22(31(20)30-16-29-17)27(34)26(2,28)23(36-25(33)19-11-7-4-8-12-19)21(37-27)15-35-24(32)18-9-5-3-6-10-18/h4-14,18,20,35H,15H2,1-3H3;3-14,16,21,23,34H,15H2,1-2H3/t18-,20-,26-,27?;21-,23-,26-,27?/m11/s1. The van der Waals surface area contributed by atoms with Crippen molar-refractivity contribution in [1.82, 2.24) is 34.2 Å². The van der Waals surface area contributed by atoms with Crippen LogP contribution in [0.5, 0.6) is 0 Å². The highest BCUT2D eigenvalue weighted by Gasteiger charge is 2.70. The third-order valence-corrected chi connectivity index (χ3v) is 14.2. The first-order chi connectivity index (χ1) is 36.9. The summed E-state index contributed by atoms with van der Waals surface area (Å²) in [4.78, 5) is 63.9. The Balaban J connectivity index is 0.000000188. The van der Waals surface area contributed by atoms with Crippen molar-refractivity contribution in [2.45, 2.75) is 78.3 Å². The summed E-state index contributed by atoms with van der Waals surface area (Å²) in [6, 6.07) is 35.6. The predicted molar refractivity (Wildman–Crippen MR) is 273 cm³/mol. The molecule has 2 fully saturated rings. The van der Waals surface area contributed by atoms with E-state index < -0.39 is 84.4 Å². The largest absolute Gasteiger partial charge is 0.459 e. The predicted octanol–water partition coefficient (Wildman–Crippen LogP) is 7.32. The van der Waals surface area contributed by atoms with Gasteiger partial charge in [-0.1, -0.05) is 84.6 Å². The normalized spacial score (nSPS) is 24.7. The molecule has 6 heterocycles. The third-order valence-electron chi connectivity index (χ3n) is 13.0. The monoisotopic (exact) mass is 1090 g/mol. The van der Waals surface area contributed by atoms with E-state index in [1.807, 2.05) is 0 Å². The van der Waals surface area contributed by atoms with Gasteiger partial charge in [0.1, 0.15) is 48.2 Å². The van der Waals surface area contributed by atoms with Crippen molar-refractivity contribution >= 4 is 58.6 Å².